The summed E-state index contributed by atoms with van der Waals surface area (Å²) in [6, 6.07) is 3.40. The van der Waals surface area contributed by atoms with E-state index in [4.69, 9.17) is 5.11 Å². The molecule has 1 heterocycles. The lowest BCUT2D eigenvalue weighted by Gasteiger charge is -2.12. The van der Waals surface area contributed by atoms with E-state index in [2.05, 4.69) is 4.84 Å². The number of thioether (sulfide) groups is 1. The molecular weight excluding hydrogens is 342 g/mol. The Kier molecular flexibility index (Phi) is 8.35. The zero-order valence-corrected chi connectivity index (χ0v) is 14.1. The van der Waals surface area contributed by atoms with E-state index >= 15 is 0 Å². The van der Waals surface area contributed by atoms with Crippen LogP contribution >= 0.6 is 23.1 Å². The van der Waals surface area contributed by atoms with Crippen LogP contribution in [0.15, 0.2) is 17.5 Å². The van der Waals surface area contributed by atoms with Gasteiger partial charge in [-0.3, -0.25) is 14.4 Å². The molecule has 0 aliphatic rings. The van der Waals surface area contributed by atoms with Crippen molar-refractivity contribution in [3.05, 3.63) is 22.4 Å². The van der Waals surface area contributed by atoms with Crippen LogP contribution in [-0.2, 0) is 19.2 Å². The standard InChI is InChI=1S/C14H17NO6S2/c1-9(16)15-21-13(19)4-6-22-8-10(7-12(17)18)14(20)11-3-2-5-23-11/h2-3,5,10H,4,6-8H2,1H3,(H,15,16)(H,17,18)/t10-/m0/s1. The van der Waals surface area contributed by atoms with Gasteiger partial charge in [-0.1, -0.05) is 6.07 Å². The summed E-state index contributed by atoms with van der Waals surface area (Å²) in [4.78, 5) is 50.0. The van der Waals surface area contributed by atoms with Gasteiger partial charge in [-0.05, 0) is 11.4 Å². The first-order chi connectivity index (χ1) is 10.9. The van der Waals surface area contributed by atoms with Gasteiger partial charge in [0.2, 0.25) is 5.91 Å². The molecule has 1 rings (SSSR count). The van der Waals surface area contributed by atoms with E-state index < -0.39 is 23.8 Å². The summed E-state index contributed by atoms with van der Waals surface area (Å²) < 4.78 is 0. The quantitative estimate of drug-likeness (QED) is 0.392. The van der Waals surface area contributed by atoms with E-state index in [0.717, 1.165) is 0 Å². The first kappa shape index (κ1) is 19.2. The topological polar surface area (TPSA) is 110 Å². The zero-order chi connectivity index (χ0) is 17.2. The van der Waals surface area contributed by atoms with E-state index in [-0.39, 0.29) is 18.6 Å². The Balaban J connectivity index is 2.40. The fourth-order valence-electron chi connectivity index (χ4n) is 1.62. The number of ketones is 1. The Hall–Kier alpha value is -1.87. The van der Waals surface area contributed by atoms with Gasteiger partial charge in [0.05, 0.1) is 17.7 Å². The predicted octanol–water partition coefficient (Wildman–Crippen LogP) is 1.74. The molecule has 23 heavy (non-hydrogen) atoms. The number of thiophene rings is 1. The number of rotatable bonds is 9. The smallest absolute Gasteiger partial charge is 0.333 e. The van der Waals surface area contributed by atoms with Gasteiger partial charge in [-0.25, -0.2) is 4.79 Å². The van der Waals surface area contributed by atoms with Gasteiger partial charge in [0.1, 0.15) is 0 Å². The van der Waals surface area contributed by atoms with Crippen LogP contribution in [0.25, 0.3) is 0 Å². The van der Waals surface area contributed by atoms with Crippen molar-refractivity contribution in [2.45, 2.75) is 19.8 Å². The van der Waals surface area contributed by atoms with E-state index in [9.17, 15) is 19.2 Å². The molecule has 0 aliphatic carbocycles. The Morgan fingerprint density at radius 2 is 2.13 bits per heavy atom. The van der Waals surface area contributed by atoms with Crippen LogP contribution in [-0.4, -0.2) is 40.2 Å². The van der Waals surface area contributed by atoms with Crippen LogP contribution < -0.4 is 5.48 Å². The first-order valence-electron chi connectivity index (χ1n) is 6.73. The van der Waals surface area contributed by atoms with Crippen molar-refractivity contribution >= 4 is 46.7 Å². The number of carbonyl (C=O) groups excluding carboxylic acids is 3. The molecular formula is C14H17NO6S2. The third kappa shape index (κ3) is 7.80. The number of hydrogen-bond donors (Lipinski definition) is 2. The lowest BCUT2D eigenvalue weighted by Crippen LogP contribution is -2.24. The minimum Gasteiger partial charge on any atom is -0.481 e. The average Bonchev–Trinajstić information content (AvgIpc) is 3.01. The number of nitrogens with one attached hydrogen (secondary N) is 1. The Morgan fingerprint density at radius 1 is 1.39 bits per heavy atom. The van der Waals surface area contributed by atoms with Crippen molar-refractivity contribution in [1.29, 1.82) is 0 Å². The lowest BCUT2D eigenvalue weighted by atomic mass is 10.0. The minimum absolute atomic E-state index is 0.0535. The van der Waals surface area contributed by atoms with Crippen molar-refractivity contribution in [2.75, 3.05) is 11.5 Å². The molecule has 0 aliphatic heterocycles. The number of hydrogen-bond acceptors (Lipinski definition) is 7. The van der Waals surface area contributed by atoms with Gasteiger partial charge in [0.25, 0.3) is 0 Å². The van der Waals surface area contributed by atoms with E-state index in [1.165, 1.54) is 30.0 Å². The Labute approximate surface area is 141 Å². The molecule has 0 spiro atoms. The van der Waals surface area contributed by atoms with E-state index in [0.29, 0.717) is 16.4 Å². The molecule has 1 amide bonds. The number of aliphatic carboxylic acids is 1. The number of Topliss-reactive ketones (excluding diaryl/α,β-unsaturated/α-hetero) is 1. The summed E-state index contributed by atoms with van der Waals surface area (Å²) >= 11 is 2.57. The highest BCUT2D eigenvalue weighted by atomic mass is 32.2. The zero-order valence-electron chi connectivity index (χ0n) is 12.4. The second kappa shape index (κ2) is 10.0. The van der Waals surface area contributed by atoms with E-state index in [1.54, 1.807) is 17.5 Å². The molecule has 1 atom stereocenters. The molecule has 0 fully saturated rings. The van der Waals surface area contributed by atoms with Crippen molar-refractivity contribution in [2.24, 2.45) is 5.92 Å². The van der Waals surface area contributed by atoms with Crippen LogP contribution in [0.4, 0.5) is 0 Å². The van der Waals surface area contributed by atoms with Crippen LogP contribution in [0.2, 0.25) is 0 Å². The summed E-state index contributed by atoms with van der Waals surface area (Å²) in [6.45, 7) is 1.22. The largest absolute Gasteiger partial charge is 0.481 e. The number of hydroxylamine groups is 1. The fourth-order valence-corrected chi connectivity index (χ4v) is 3.39. The number of carboxylic acids is 1. The molecule has 0 bridgehead atoms. The molecule has 0 radical (unpaired) electrons. The Morgan fingerprint density at radius 3 is 2.70 bits per heavy atom. The van der Waals surface area contributed by atoms with Gasteiger partial charge in [-0.15, -0.1) is 11.3 Å². The summed E-state index contributed by atoms with van der Waals surface area (Å²) in [5.74, 6) is -2.27. The number of carbonyl (C=O) groups is 4. The predicted molar refractivity (Wildman–Crippen MR) is 86.2 cm³/mol. The molecule has 2 N–H and O–H groups in total. The van der Waals surface area contributed by atoms with Gasteiger partial charge in [0.15, 0.2) is 5.78 Å². The van der Waals surface area contributed by atoms with Crippen molar-refractivity contribution in [3.63, 3.8) is 0 Å². The van der Waals surface area contributed by atoms with Crippen LogP contribution in [0.1, 0.15) is 29.4 Å². The molecule has 0 saturated heterocycles. The third-order valence-electron chi connectivity index (χ3n) is 2.63. The highest BCUT2D eigenvalue weighted by Crippen LogP contribution is 2.21. The van der Waals surface area contributed by atoms with Crippen LogP contribution in [0.3, 0.4) is 0 Å². The molecule has 0 aromatic carbocycles. The summed E-state index contributed by atoms with van der Waals surface area (Å²) in [7, 11) is 0. The van der Waals surface area contributed by atoms with Crippen LogP contribution in [0, 0.1) is 5.92 Å². The molecule has 0 unspecified atom stereocenters. The molecule has 1 aromatic rings. The SMILES string of the molecule is CC(=O)NOC(=O)CCSC[C@H](CC(=O)O)C(=O)c1cccs1. The van der Waals surface area contributed by atoms with Gasteiger partial charge in [0, 0.05) is 24.3 Å². The average molecular weight is 359 g/mol. The summed E-state index contributed by atoms with van der Waals surface area (Å²) in [5, 5.41) is 10.7. The third-order valence-corrected chi connectivity index (χ3v) is 4.65. The summed E-state index contributed by atoms with van der Waals surface area (Å²) in [5.41, 5.74) is 1.93. The fraction of sp³-hybridized carbons (Fsp3) is 0.429. The first-order valence-corrected chi connectivity index (χ1v) is 8.77. The van der Waals surface area contributed by atoms with Gasteiger partial charge < -0.3 is 9.94 Å². The van der Waals surface area contributed by atoms with Gasteiger partial charge >= 0.3 is 11.9 Å². The maximum Gasteiger partial charge on any atom is 0.333 e. The normalized spacial score (nSPS) is 11.5. The lowest BCUT2D eigenvalue weighted by molar-refractivity contribution is -0.157. The van der Waals surface area contributed by atoms with Crippen molar-refractivity contribution in [1.82, 2.24) is 5.48 Å². The number of carboxylic acid groups (broad SMARTS) is 1. The molecule has 9 heteroatoms. The van der Waals surface area contributed by atoms with E-state index in [1.807, 2.05) is 5.48 Å². The Bertz CT molecular complexity index is 558. The monoisotopic (exact) mass is 359 g/mol. The second-order valence-corrected chi connectivity index (χ2v) is 6.69. The molecule has 0 saturated carbocycles. The highest BCUT2D eigenvalue weighted by Gasteiger charge is 2.23. The number of amides is 1. The maximum atomic E-state index is 12.2. The molecule has 7 nitrogen and oxygen atoms in total. The second-order valence-electron chi connectivity index (χ2n) is 4.59. The molecule has 1 aromatic heterocycles. The maximum absolute atomic E-state index is 12.2. The highest BCUT2D eigenvalue weighted by molar-refractivity contribution is 7.99. The van der Waals surface area contributed by atoms with Crippen LogP contribution in [0.5, 0.6) is 0 Å². The van der Waals surface area contributed by atoms with Gasteiger partial charge in [-0.2, -0.15) is 17.2 Å². The molecule has 126 valence electrons. The van der Waals surface area contributed by atoms with Crippen molar-refractivity contribution < 1.29 is 29.1 Å². The van der Waals surface area contributed by atoms with Crippen molar-refractivity contribution in [3.8, 4) is 0 Å². The minimum atomic E-state index is -1.04. The summed E-state index contributed by atoms with van der Waals surface area (Å²) in [6.07, 6.45) is -0.196.